The van der Waals surface area contributed by atoms with Crippen molar-refractivity contribution in [3.63, 3.8) is 0 Å². The van der Waals surface area contributed by atoms with Crippen LogP contribution in [0.1, 0.15) is 31.4 Å². The van der Waals surface area contributed by atoms with Crippen molar-refractivity contribution in [1.82, 2.24) is 14.8 Å². The first kappa shape index (κ1) is 18.9. The van der Waals surface area contributed by atoms with Crippen LogP contribution in [0.15, 0.2) is 24.4 Å². The largest absolute Gasteiger partial charge is 0.390 e. The Morgan fingerprint density at radius 2 is 1.86 bits per heavy atom. The molecule has 1 N–H and O–H groups in total. The molecule has 2 bridgehead atoms. The van der Waals surface area contributed by atoms with E-state index in [1.54, 1.807) is 0 Å². The van der Waals surface area contributed by atoms with E-state index in [-0.39, 0.29) is 24.5 Å². The van der Waals surface area contributed by atoms with E-state index >= 15 is 0 Å². The van der Waals surface area contributed by atoms with Gasteiger partial charge in [-0.15, -0.1) is 0 Å². The second kappa shape index (κ2) is 8.00. The van der Waals surface area contributed by atoms with Crippen molar-refractivity contribution in [2.24, 2.45) is 11.8 Å². The molecule has 0 radical (unpaired) electrons. The summed E-state index contributed by atoms with van der Waals surface area (Å²) in [5.41, 5.74) is 1.08. The molecule has 5 atom stereocenters. The van der Waals surface area contributed by atoms with Gasteiger partial charge in [0, 0.05) is 37.9 Å². The fraction of sp³-hybridized carbons (Fsp3) is 0.773. The average Bonchev–Trinajstić information content (AvgIpc) is 3.63. The molecule has 0 spiro atoms. The lowest BCUT2D eigenvalue weighted by Gasteiger charge is -2.46. The van der Waals surface area contributed by atoms with E-state index < -0.39 is 6.10 Å². The number of aliphatic hydroxyl groups is 1. The molecule has 1 aromatic rings. The normalized spacial score (nSPS) is 35.1. The van der Waals surface area contributed by atoms with Crippen LogP contribution in [0.25, 0.3) is 0 Å². The Morgan fingerprint density at radius 3 is 2.50 bits per heavy atom. The Bertz CT molecular complexity index is 638. The zero-order chi connectivity index (χ0) is 19.1. The minimum atomic E-state index is -0.447. The number of ether oxygens (including phenoxy) is 2. The highest BCUT2D eigenvalue weighted by molar-refractivity contribution is 5.06. The summed E-state index contributed by atoms with van der Waals surface area (Å²) in [6, 6.07) is 5.93. The monoisotopic (exact) mass is 387 g/mol. The van der Waals surface area contributed by atoms with Crippen molar-refractivity contribution in [2.75, 3.05) is 33.3 Å². The molecular formula is C22H33N3O3. The van der Waals surface area contributed by atoms with Crippen LogP contribution in [0, 0.1) is 11.8 Å². The number of hydrogen-bond acceptors (Lipinski definition) is 6. The highest BCUT2D eigenvalue weighted by Gasteiger charge is 2.54. The predicted octanol–water partition coefficient (Wildman–Crippen LogP) is 1.53. The highest BCUT2D eigenvalue weighted by atomic mass is 16.7. The van der Waals surface area contributed by atoms with Gasteiger partial charge in [0.15, 0.2) is 6.29 Å². The molecule has 6 heteroatoms. The van der Waals surface area contributed by atoms with Crippen molar-refractivity contribution in [2.45, 2.75) is 62.7 Å². The van der Waals surface area contributed by atoms with Crippen LogP contribution >= 0.6 is 0 Å². The average molecular weight is 388 g/mol. The maximum atomic E-state index is 11.5. The van der Waals surface area contributed by atoms with Gasteiger partial charge in [-0.05, 0) is 56.7 Å². The number of rotatable bonds is 9. The van der Waals surface area contributed by atoms with Crippen LogP contribution in [0.4, 0.5) is 0 Å². The quantitative estimate of drug-likeness (QED) is 0.694. The van der Waals surface area contributed by atoms with E-state index in [2.05, 4.69) is 27.9 Å². The standard InChI is InChI=1S/C22H33N3O3/c1-24(11-9-17-4-2-3-10-23-17)20-21(26)19(18-14-27-22(20)28-18)25(12-15-5-6-15)13-16-7-8-16/h2-4,10,15-16,18-22,26H,5-9,11-14H2,1H3/t18-,19+,20-,21-,22+/m0/s1. The van der Waals surface area contributed by atoms with Crippen molar-refractivity contribution >= 4 is 0 Å². The fourth-order valence-corrected chi connectivity index (χ4v) is 4.87. The summed E-state index contributed by atoms with van der Waals surface area (Å²) in [5.74, 6) is 1.62. The van der Waals surface area contributed by atoms with E-state index in [4.69, 9.17) is 9.47 Å². The molecule has 1 aromatic heterocycles. The van der Waals surface area contributed by atoms with Gasteiger partial charge in [0.1, 0.15) is 6.10 Å². The van der Waals surface area contributed by atoms with Crippen LogP contribution in [0.2, 0.25) is 0 Å². The minimum absolute atomic E-state index is 0.00191. The molecule has 4 fully saturated rings. The number of pyridine rings is 1. The molecule has 2 aliphatic heterocycles. The second-order valence-electron chi connectivity index (χ2n) is 9.24. The smallest absolute Gasteiger partial charge is 0.176 e. The molecule has 6 nitrogen and oxygen atoms in total. The number of aromatic nitrogens is 1. The highest BCUT2D eigenvalue weighted by Crippen LogP contribution is 2.39. The Kier molecular flexibility index (Phi) is 5.41. The Hall–Kier alpha value is -1.05. The van der Waals surface area contributed by atoms with E-state index in [1.165, 1.54) is 25.7 Å². The van der Waals surface area contributed by atoms with E-state index in [1.807, 2.05) is 18.3 Å². The summed E-state index contributed by atoms with van der Waals surface area (Å²) in [4.78, 5) is 9.19. The molecule has 3 heterocycles. The van der Waals surface area contributed by atoms with Crippen LogP contribution < -0.4 is 0 Å². The lowest BCUT2D eigenvalue weighted by molar-refractivity contribution is -0.195. The zero-order valence-corrected chi connectivity index (χ0v) is 16.8. The molecule has 2 saturated heterocycles. The number of fused-ring (bicyclic) bond motifs is 2. The summed E-state index contributed by atoms with van der Waals surface area (Å²) in [5, 5.41) is 11.5. The fourth-order valence-electron chi connectivity index (χ4n) is 4.87. The Labute approximate surface area is 167 Å². The number of nitrogens with zero attached hydrogens (tertiary/aromatic N) is 3. The molecule has 0 aromatic carbocycles. The summed E-state index contributed by atoms with van der Waals surface area (Å²) < 4.78 is 12.3. The van der Waals surface area contributed by atoms with Gasteiger partial charge in [0.2, 0.25) is 0 Å². The van der Waals surface area contributed by atoms with Gasteiger partial charge >= 0.3 is 0 Å². The number of likely N-dealkylation sites (N-methyl/N-ethyl adjacent to an activating group) is 1. The van der Waals surface area contributed by atoms with E-state index in [9.17, 15) is 5.11 Å². The van der Waals surface area contributed by atoms with Gasteiger partial charge in [-0.25, -0.2) is 0 Å². The van der Waals surface area contributed by atoms with Crippen molar-refractivity contribution < 1.29 is 14.6 Å². The second-order valence-corrected chi connectivity index (χ2v) is 9.24. The molecular weight excluding hydrogens is 354 g/mol. The van der Waals surface area contributed by atoms with Gasteiger partial charge in [-0.1, -0.05) is 6.07 Å². The van der Waals surface area contributed by atoms with Crippen LogP contribution in [0.5, 0.6) is 0 Å². The first-order valence-corrected chi connectivity index (χ1v) is 11.0. The maximum absolute atomic E-state index is 11.5. The third-order valence-corrected chi connectivity index (χ3v) is 6.85. The molecule has 4 aliphatic rings. The van der Waals surface area contributed by atoms with Gasteiger partial charge in [0.05, 0.1) is 24.8 Å². The number of aliphatic hydroxyl groups excluding tert-OH is 1. The Balaban J connectivity index is 1.28. The summed E-state index contributed by atoms with van der Waals surface area (Å²) in [6.07, 6.45) is 7.26. The molecule has 28 heavy (non-hydrogen) atoms. The Morgan fingerprint density at radius 1 is 1.11 bits per heavy atom. The molecule has 2 aliphatic carbocycles. The molecule has 0 amide bonds. The molecule has 154 valence electrons. The van der Waals surface area contributed by atoms with Crippen LogP contribution in [0.3, 0.4) is 0 Å². The summed E-state index contributed by atoms with van der Waals surface area (Å²) in [6.45, 7) is 3.63. The SMILES string of the molecule is CN(CCc1ccccn1)[C@@H]1[C@@H]2OC[C@H](O2)[C@@H](N(CC2CC2)CC2CC2)[C@@H]1O. The lowest BCUT2D eigenvalue weighted by atomic mass is 9.93. The zero-order valence-electron chi connectivity index (χ0n) is 16.8. The molecule has 0 unspecified atom stereocenters. The first-order valence-electron chi connectivity index (χ1n) is 11.0. The van der Waals surface area contributed by atoms with Crippen molar-refractivity contribution in [3.05, 3.63) is 30.1 Å². The van der Waals surface area contributed by atoms with Crippen LogP contribution in [-0.2, 0) is 15.9 Å². The maximum Gasteiger partial charge on any atom is 0.176 e. The predicted molar refractivity (Wildman–Crippen MR) is 106 cm³/mol. The van der Waals surface area contributed by atoms with Gasteiger partial charge < -0.3 is 14.6 Å². The third kappa shape index (κ3) is 4.12. The van der Waals surface area contributed by atoms with E-state index in [0.717, 1.165) is 43.6 Å². The third-order valence-electron chi connectivity index (χ3n) is 6.85. The summed E-state index contributed by atoms with van der Waals surface area (Å²) in [7, 11) is 2.07. The van der Waals surface area contributed by atoms with E-state index in [0.29, 0.717) is 6.61 Å². The van der Waals surface area contributed by atoms with Crippen molar-refractivity contribution in [1.29, 1.82) is 0 Å². The van der Waals surface area contributed by atoms with Gasteiger partial charge in [-0.3, -0.25) is 14.8 Å². The van der Waals surface area contributed by atoms with Gasteiger partial charge in [0.25, 0.3) is 0 Å². The van der Waals surface area contributed by atoms with Crippen molar-refractivity contribution in [3.8, 4) is 0 Å². The topological polar surface area (TPSA) is 58.1 Å². The summed E-state index contributed by atoms with van der Waals surface area (Å²) >= 11 is 0. The molecule has 5 rings (SSSR count). The first-order chi connectivity index (χ1) is 13.7. The van der Waals surface area contributed by atoms with Gasteiger partial charge in [-0.2, -0.15) is 0 Å². The molecule has 2 saturated carbocycles. The van der Waals surface area contributed by atoms with Crippen LogP contribution in [-0.4, -0.2) is 83.8 Å². The lowest BCUT2D eigenvalue weighted by Crippen LogP contribution is -2.65. The minimum Gasteiger partial charge on any atom is -0.390 e. The number of hydrogen-bond donors (Lipinski definition) is 1.